The first-order valence-electron chi connectivity index (χ1n) is 8.32. The second-order valence-corrected chi connectivity index (χ2v) is 6.16. The van der Waals surface area contributed by atoms with Gasteiger partial charge in [-0.05, 0) is 55.8 Å². The Morgan fingerprint density at radius 2 is 2.10 bits per heavy atom. The molecular formula is C18H28N2O. The molecule has 1 fully saturated rings. The molecule has 2 rings (SSSR count). The van der Waals surface area contributed by atoms with Crippen molar-refractivity contribution in [3.05, 3.63) is 29.8 Å². The van der Waals surface area contributed by atoms with Crippen molar-refractivity contribution in [2.45, 2.75) is 64.3 Å². The molecule has 116 valence electrons. The largest absolute Gasteiger partial charge is 0.326 e. The van der Waals surface area contributed by atoms with Crippen LogP contribution in [0.1, 0.15) is 63.9 Å². The van der Waals surface area contributed by atoms with E-state index in [9.17, 15) is 4.79 Å². The zero-order chi connectivity index (χ0) is 15.1. The lowest BCUT2D eigenvalue weighted by Crippen LogP contribution is -2.34. The lowest BCUT2D eigenvalue weighted by atomic mass is 9.98. The number of rotatable bonds is 6. The Balaban J connectivity index is 1.76. The average Bonchev–Trinajstić information content (AvgIpc) is 2.54. The number of carbonyl (C=O) groups is 1. The lowest BCUT2D eigenvalue weighted by Gasteiger charge is -2.23. The van der Waals surface area contributed by atoms with E-state index in [0.29, 0.717) is 18.4 Å². The summed E-state index contributed by atoms with van der Waals surface area (Å²) < 4.78 is 0. The van der Waals surface area contributed by atoms with Gasteiger partial charge in [-0.2, -0.15) is 0 Å². The van der Waals surface area contributed by atoms with Crippen molar-refractivity contribution in [1.29, 1.82) is 0 Å². The molecule has 0 aliphatic carbocycles. The normalized spacial score (nSPS) is 20.0. The summed E-state index contributed by atoms with van der Waals surface area (Å²) in [5.74, 6) is 0.700. The van der Waals surface area contributed by atoms with Crippen LogP contribution in [0.5, 0.6) is 0 Å². The van der Waals surface area contributed by atoms with Gasteiger partial charge in [0.05, 0.1) is 0 Å². The Bertz CT molecular complexity index is 435. The third-order valence-electron chi connectivity index (χ3n) is 4.51. The quantitative estimate of drug-likeness (QED) is 0.828. The highest BCUT2D eigenvalue weighted by Gasteiger charge is 2.14. The molecule has 0 aromatic heterocycles. The van der Waals surface area contributed by atoms with Crippen molar-refractivity contribution in [2.75, 3.05) is 11.9 Å². The summed E-state index contributed by atoms with van der Waals surface area (Å²) in [5, 5.41) is 6.48. The summed E-state index contributed by atoms with van der Waals surface area (Å²) in [6, 6.07) is 8.78. The molecule has 3 nitrogen and oxygen atoms in total. The first-order chi connectivity index (χ1) is 10.2. The number of hydrogen-bond acceptors (Lipinski definition) is 2. The minimum Gasteiger partial charge on any atom is -0.326 e. The first-order valence-corrected chi connectivity index (χ1v) is 8.32. The number of benzene rings is 1. The summed E-state index contributed by atoms with van der Waals surface area (Å²) >= 11 is 0. The Kier molecular flexibility index (Phi) is 6.24. The van der Waals surface area contributed by atoms with Crippen LogP contribution in [-0.2, 0) is 4.79 Å². The molecule has 0 radical (unpaired) electrons. The fraction of sp³-hybridized carbons (Fsp3) is 0.611. The molecule has 1 amide bonds. The molecule has 0 bridgehead atoms. The predicted octanol–water partition coefficient (Wildman–Crippen LogP) is 4.06. The van der Waals surface area contributed by atoms with Crippen molar-refractivity contribution < 1.29 is 4.79 Å². The van der Waals surface area contributed by atoms with Gasteiger partial charge in [-0.25, -0.2) is 0 Å². The smallest absolute Gasteiger partial charge is 0.224 e. The van der Waals surface area contributed by atoms with Crippen LogP contribution < -0.4 is 10.6 Å². The zero-order valence-corrected chi connectivity index (χ0v) is 13.3. The SMILES string of the molecule is CCC(C)c1ccc(NC(=O)CCC2CCCCN2)cc1. The van der Waals surface area contributed by atoms with Crippen LogP contribution >= 0.6 is 0 Å². The second kappa shape index (κ2) is 8.18. The maximum absolute atomic E-state index is 12.0. The molecule has 1 aliphatic rings. The van der Waals surface area contributed by atoms with Crippen LogP contribution in [-0.4, -0.2) is 18.5 Å². The van der Waals surface area contributed by atoms with Crippen molar-refractivity contribution in [2.24, 2.45) is 0 Å². The van der Waals surface area contributed by atoms with Crippen molar-refractivity contribution in [3.8, 4) is 0 Å². The van der Waals surface area contributed by atoms with E-state index in [2.05, 4.69) is 36.6 Å². The van der Waals surface area contributed by atoms with E-state index in [4.69, 9.17) is 0 Å². The molecule has 2 unspecified atom stereocenters. The second-order valence-electron chi connectivity index (χ2n) is 6.16. The molecule has 21 heavy (non-hydrogen) atoms. The van der Waals surface area contributed by atoms with Crippen LogP contribution in [0.3, 0.4) is 0 Å². The molecule has 2 N–H and O–H groups in total. The van der Waals surface area contributed by atoms with Crippen molar-refractivity contribution >= 4 is 11.6 Å². The summed E-state index contributed by atoms with van der Waals surface area (Å²) in [6.07, 6.45) is 6.44. The van der Waals surface area contributed by atoms with Gasteiger partial charge < -0.3 is 10.6 Å². The Morgan fingerprint density at radius 1 is 1.33 bits per heavy atom. The van der Waals surface area contributed by atoms with E-state index in [1.165, 1.54) is 24.8 Å². The van der Waals surface area contributed by atoms with Gasteiger partial charge >= 0.3 is 0 Å². The molecule has 0 spiro atoms. The molecule has 1 aromatic carbocycles. The van der Waals surface area contributed by atoms with Gasteiger partial charge in [-0.3, -0.25) is 4.79 Å². The Hall–Kier alpha value is -1.35. The van der Waals surface area contributed by atoms with Crippen LogP contribution in [0.2, 0.25) is 0 Å². The van der Waals surface area contributed by atoms with Gasteiger partial charge in [-0.1, -0.05) is 32.4 Å². The number of amides is 1. The predicted molar refractivity (Wildman–Crippen MR) is 88.7 cm³/mol. The Morgan fingerprint density at radius 3 is 2.71 bits per heavy atom. The maximum atomic E-state index is 12.0. The first kappa shape index (κ1) is 16.0. The van der Waals surface area contributed by atoms with E-state index >= 15 is 0 Å². The summed E-state index contributed by atoms with van der Waals surface area (Å²) in [7, 11) is 0. The monoisotopic (exact) mass is 288 g/mol. The number of nitrogens with one attached hydrogen (secondary N) is 2. The minimum atomic E-state index is 0.124. The van der Waals surface area contributed by atoms with E-state index in [1.807, 2.05) is 12.1 Å². The topological polar surface area (TPSA) is 41.1 Å². The van der Waals surface area contributed by atoms with Gasteiger partial charge in [0, 0.05) is 18.2 Å². The molecule has 2 atom stereocenters. The van der Waals surface area contributed by atoms with Gasteiger partial charge in [0.15, 0.2) is 0 Å². The minimum absolute atomic E-state index is 0.124. The molecule has 0 saturated carbocycles. The molecule has 3 heteroatoms. The van der Waals surface area contributed by atoms with E-state index in [0.717, 1.165) is 25.1 Å². The fourth-order valence-electron chi connectivity index (χ4n) is 2.83. The number of piperidine rings is 1. The van der Waals surface area contributed by atoms with E-state index in [-0.39, 0.29) is 5.91 Å². The molecule has 1 aromatic rings. The summed E-state index contributed by atoms with van der Waals surface area (Å²) in [6.45, 7) is 5.52. The number of anilines is 1. The van der Waals surface area contributed by atoms with Gasteiger partial charge in [0.1, 0.15) is 0 Å². The molecule has 1 saturated heterocycles. The van der Waals surface area contributed by atoms with Crippen LogP contribution in [0.25, 0.3) is 0 Å². The van der Waals surface area contributed by atoms with Crippen molar-refractivity contribution in [3.63, 3.8) is 0 Å². The maximum Gasteiger partial charge on any atom is 0.224 e. The third kappa shape index (κ3) is 5.16. The standard InChI is InChI=1S/C18H28N2O/c1-3-14(2)15-7-9-17(10-8-15)20-18(21)12-11-16-6-4-5-13-19-16/h7-10,14,16,19H,3-6,11-13H2,1-2H3,(H,20,21). The highest BCUT2D eigenvalue weighted by Crippen LogP contribution is 2.20. The number of carbonyl (C=O) groups excluding carboxylic acids is 1. The lowest BCUT2D eigenvalue weighted by molar-refractivity contribution is -0.116. The fourth-order valence-corrected chi connectivity index (χ4v) is 2.83. The van der Waals surface area contributed by atoms with Crippen LogP contribution in [0.4, 0.5) is 5.69 Å². The van der Waals surface area contributed by atoms with E-state index in [1.54, 1.807) is 0 Å². The number of hydrogen-bond donors (Lipinski definition) is 2. The molecular weight excluding hydrogens is 260 g/mol. The van der Waals surface area contributed by atoms with Crippen LogP contribution in [0, 0.1) is 0 Å². The van der Waals surface area contributed by atoms with Gasteiger partial charge in [0.25, 0.3) is 0 Å². The highest BCUT2D eigenvalue weighted by atomic mass is 16.1. The molecule has 1 aliphatic heterocycles. The summed E-state index contributed by atoms with van der Waals surface area (Å²) in [5.41, 5.74) is 2.24. The molecule has 1 heterocycles. The zero-order valence-electron chi connectivity index (χ0n) is 13.3. The van der Waals surface area contributed by atoms with Crippen LogP contribution in [0.15, 0.2) is 24.3 Å². The van der Waals surface area contributed by atoms with Gasteiger partial charge in [0.2, 0.25) is 5.91 Å². The van der Waals surface area contributed by atoms with Crippen molar-refractivity contribution in [1.82, 2.24) is 5.32 Å². The average molecular weight is 288 g/mol. The van der Waals surface area contributed by atoms with E-state index < -0.39 is 0 Å². The summed E-state index contributed by atoms with van der Waals surface area (Å²) in [4.78, 5) is 12.0. The highest BCUT2D eigenvalue weighted by molar-refractivity contribution is 5.90. The third-order valence-corrected chi connectivity index (χ3v) is 4.51. The van der Waals surface area contributed by atoms with Gasteiger partial charge in [-0.15, -0.1) is 0 Å². The Labute approximate surface area is 128 Å².